The average molecular weight is 416 g/mol. The zero-order chi connectivity index (χ0) is 21.8. The molecule has 1 saturated heterocycles. The van der Waals surface area contributed by atoms with Crippen molar-refractivity contribution in [3.63, 3.8) is 0 Å². The van der Waals surface area contributed by atoms with Gasteiger partial charge in [0.25, 0.3) is 0 Å². The lowest BCUT2D eigenvalue weighted by Crippen LogP contribution is -2.56. The molecular weight excluding hydrogens is 374 g/mol. The highest BCUT2D eigenvalue weighted by Gasteiger charge is 2.44. The van der Waals surface area contributed by atoms with Gasteiger partial charge >= 0.3 is 12.1 Å². The fourth-order valence-corrected chi connectivity index (χ4v) is 4.49. The van der Waals surface area contributed by atoms with Crippen LogP contribution < -0.4 is 0 Å². The van der Waals surface area contributed by atoms with Crippen LogP contribution in [0.25, 0.3) is 0 Å². The minimum Gasteiger partial charge on any atom is -0.466 e. The third kappa shape index (κ3) is 7.39. The molecule has 1 aliphatic rings. The Kier molecular flexibility index (Phi) is 8.57. The number of hydrogen-bond donors (Lipinski definition) is 0. The summed E-state index contributed by atoms with van der Waals surface area (Å²) in [6.07, 6.45) is 2.14. The fraction of sp³-hybridized carbons (Fsp3) is 0.905. The van der Waals surface area contributed by atoms with Crippen LogP contribution in [0, 0.1) is 0 Å². The molecule has 0 aromatic carbocycles. The predicted molar refractivity (Wildman–Crippen MR) is 114 cm³/mol. The molecule has 7 heteroatoms. The molecule has 0 saturated carbocycles. The highest BCUT2D eigenvalue weighted by Crippen LogP contribution is 2.39. The van der Waals surface area contributed by atoms with E-state index < -0.39 is 13.9 Å². The van der Waals surface area contributed by atoms with Gasteiger partial charge in [-0.2, -0.15) is 0 Å². The maximum absolute atomic E-state index is 12.8. The van der Waals surface area contributed by atoms with E-state index in [4.69, 9.17) is 13.9 Å². The quantitative estimate of drug-likeness (QED) is 0.445. The summed E-state index contributed by atoms with van der Waals surface area (Å²) in [6.45, 7) is 19.5. The van der Waals surface area contributed by atoms with Gasteiger partial charge in [-0.25, -0.2) is 4.79 Å². The number of amides is 1. The third-order valence-electron chi connectivity index (χ3n) is 5.55. The third-order valence-corrected chi connectivity index (χ3v) is 10.1. The van der Waals surface area contributed by atoms with Crippen LogP contribution in [0.4, 0.5) is 4.79 Å². The molecule has 1 aliphatic heterocycles. The van der Waals surface area contributed by atoms with Gasteiger partial charge in [-0.05, 0) is 65.1 Å². The molecule has 1 unspecified atom stereocenters. The summed E-state index contributed by atoms with van der Waals surface area (Å²) in [5, 5.41) is 0.0763. The lowest BCUT2D eigenvalue weighted by Gasteiger charge is -2.46. The van der Waals surface area contributed by atoms with E-state index in [1.807, 2.05) is 20.8 Å². The molecule has 2 atom stereocenters. The standard InChI is InChI=1S/C21H41NO5Si/c1-10-25-18(23)14-13-16-17(27-28(8,9)21(5,6)7)12-11-15-22(16)19(24)26-20(2,3)4/h16-17H,10-15H2,1-9H3/t16-,17?/m1/s1. The molecule has 0 N–H and O–H groups in total. The van der Waals surface area contributed by atoms with E-state index in [0.717, 1.165) is 12.8 Å². The molecule has 28 heavy (non-hydrogen) atoms. The second-order valence-electron chi connectivity index (χ2n) is 10.1. The first kappa shape index (κ1) is 25.0. The van der Waals surface area contributed by atoms with E-state index in [1.54, 1.807) is 11.8 Å². The number of likely N-dealkylation sites (tertiary alicyclic amines) is 1. The lowest BCUT2D eigenvalue weighted by molar-refractivity contribution is -0.143. The molecule has 164 valence electrons. The molecule has 1 fully saturated rings. The van der Waals surface area contributed by atoms with Crippen molar-refractivity contribution in [1.82, 2.24) is 4.90 Å². The zero-order valence-corrected chi connectivity index (χ0v) is 20.4. The van der Waals surface area contributed by atoms with Gasteiger partial charge < -0.3 is 18.8 Å². The van der Waals surface area contributed by atoms with E-state index in [-0.39, 0.29) is 35.7 Å². The molecule has 0 aromatic heterocycles. The summed E-state index contributed by atoms with van der Waals surface area (Å²) in [7, 11) is -2.01. The van der Waals surface area contributed by atoms with Gasteiger partial charge in [0.15, 0.2) is 8.32 Å². The highest BCUT2D eigenvalue weighted by atomic mass is 28.4. The smallest absolute Gasteiger partial charge is 0.410 e. The van der Waals surface area contributed by atoms with Crippen molar-refractivity contribution in [3.8, 4) is 0 Å². The monoisotopic (exact) mass is 415 g/mol. The normalized spacial score (nSPS) is 21.4. The molecule has 0 aliphatic carbocycles. The summed E-state index contributed by atoms with van der Waals surface area (Å²) in [6, 6.07) is -0.179. The Morgan fingerprint density at radius 2 is 1.71 bits per heavy atom. The maximum Gasteiger partial charge on any atom is 0.410 e. The summed E-state index contributed by atoms with van der Waals surface area (Å²) < 4.78 is 17.4. The molecule has 6 nitrogen and oxygen atoms in total. The first-order chi connectivity index (χ1) is 12.7. The number of nitrogens with zero attached hydrogens (tertiary/aromatic N) is 1. The van der Waals surface area contributed by atoms with Crippen molar-refractivity contribution in [2.24, 2.45) is 0 Å². The van der Waals surface area contributed by atoms with Crippen LogP contribution >= 0.6 is 0 Å². The molecule has 0 spiro atoms. The SMILES string of the molecule is CCOC(=O)CC[C@@H]1C(O[Si](C)(C)C(C)(C)C)CCCN1C(=O)OC(C)(C)C. The Bertz CT molecular complexity index is 536. The Morgan fingerprint density at radius 3 is 2.21 bits per heavy atom. The largest absolute Gasteiger partial charge is 0.466 e. The highest BCUT2D eigenvalue weighted by molar-refractivity contribution is 6.74. The summed E-state index contributed by atoms with van der Waals surface area (Å²) in [5.74, 6) is -0.233. The van der Waals surface area contributed by atoms with E-state index in [0.29, 0.717) is 19.6 Å². The lowest BCUT2D eigenvalue weighted by atomic mass is 9.95. The van der Waals surface area contributed by atoms with Crippen LogP contribution in [0.3, 0.4) is 0 Å². The topological polar surface area (TPSA) is 65.1 Å². The van der Waals surface area contributed by atoms with Gasteiger partial charge in [-0.15, -0.1) is 0 Å². The van der Waals surface area contributed by atoms with Crippen LogP contribution in [0.2, 0.25) is 18.1 Å². The van der Waals surface area contributed by atoms with E-state index in [2.05, 4.69) is 33.9 Å². The predicted octanol–water partition coefficient (Wildman–Crippen LogP) is 5.12. The van der Waals surface area contributed by atoms with Gasteiger partial charge in [0, 0.05) is 13.0 Å². The number of rotatable bonds is 6. The molecule has 1 amide bonds. The van der Waals surface area contributed by atoms with Gasteiger partial charge in [0.05, 0.1) is 18.8 Å². The molecule has 0 aromatic rings. The molecule has 0 bridgehead atoms. The van der Waals surface area contributed by atoms with Crippen LogP contribution in [-0.4, -0.2) is 56.2 Å². The number of carbonyl (C=O) groups excluding carboxylic acids is 2. The molecular formula is C21H41NO5Si. The van der Waals surface area contributed by atoms with Crippen LogP contribution in [0.15, 0.2) is 0 Å². The second-order valence-corrected chi connectivity index (χ2v) is 14.9. The Morgan fingerprint density at radius 1 is 1.11 bits per heavy atom. The van der Waals surface area contributed by atoms with Crippen molar-refractivity contribution in [1.29, 1.82) is 0 Å². The number of ether oxygens (including phenoxy) is 2. The van der Waals surface area contributed by atoms with Crippen molar-refractivity contribution in [2.45, 2.75) is 110 Å². The zero-order valence-electron chi connectivity index (χ0n) is 19.4. The van der Waals surface area contributed by atoms with E-state index in [1.165, 1.54) is 0 Å². The van der Waals surface area contributed by atoms with Crippen molar-refractivity contribution >= 4 is 20.4 Å². The number of carbonyl (C=O) groups is 2. The van der Waals surface area contributed by atoms with Gasteiger partial charge in [-0.3, -0.25) is 4.79 Å². The van der Waals surface area contributed by atoms with Crippen molar-refractivity contribution < 1.29 is 23.5 Å². The first-order valence-corrected chi connectivity index (χ1v) is 13.4. The first-order valence-electron chi connectivity index (χ1n) is 10.5. The number of esters is 1. The Balaban J connectivity index is 3.04. The minimum absolute atomic E-state index is 0.0763. The maximum atomic E-state index is 12.8. The molecule has 0 radical (unpaired) electrons. The second kappa shape index (κ2) is 9.61. The van der Waals surface area contributed by atoms with Crippen LogP contribution in [0.5, 0.6) is 0 Å². The van der Waals surface area contributed by atoms with E-state index in [9.17, 15) is 9.59 Å². The minimum atomic E-state index is -2.01. The average Bonchev–Trinajstić information content (AvgIpc) is 2.50. The fourth-order valence-electron chi connectivity index (χ4n) is 3.10. The summed E-state index contributed by atoms with van der Waals surface area (Å²) >= 11 is 0. The van der Waals surface area contributed by atoms with E-state index >= 15 is 0 Å². The summed E-state index contributed by atoms with van der Waals surface area (Å²) in [4.78, 5) is 26.6. The van der Waals surface area contributed by atoms with Crippen molar-refractivity contribution in [2.75, 3.05) is 13.2 Å². The van der Waals surface area contributed by atoms with Crippen LogP contribution in [0.1, 0.15) is 74.1 Å². The van der Waals surface area contributed by atoms with Crippen LogP contribution in [-0.2, 0) is 18.7 Å². The van der Waals surface area contributed by atoms with Gasteiger partial charge in [0.2, 0.25) is 0 Å². The Labute approximate surface area is 172 Å². The molecule has 1 rings (SSSR count). The van der Waals surface area contributed by atoms with Crippen molar-refractivity contribution in [3.05, 3.63) is 0 Å². The molecule has 1 heterocycles. The number of piperidine rings is 1. The summed E-state index contributed by atoms with van der Waals surface area (Å²) in [5.41, 5.74) is -0.560. The Hall–Kier alpha value is -1.08. The van der Waals surface area contributed by atoms with Gasteiger partial charge in [-0.1, -0.05) is 20.8 Å². The van der Waals surface area contributed by atoms with Gasteiger partial charge in [0.1, 0.15) is 5.60 Å². The number of hydrogen-bond acceptors (Lipinski definition) is 5.